The van der Waals surface area contributed by atoms with Crippen molar-refractivity contribution in [1.29, 1.82) is 0 Å². The number of carbonyl (C=O) groups excluding carboxylic acids is 2. The lowest BCUT2D eigenvalue weighted by Gasteiger charge is -2.08. The summed E-state index contributed by atoms with van der Waals surface area (Å²) in [5, 5.41) is 6.37. The summed E-state index contributed by atoms with van der Waals surface area (Å²) in [5.74, 6) is -0.938. The maximum absolute atomic E-state index is 13.0. The van der Waals surface area contributed by atoms with Gasteiger partial charge in [0.05, 0.1) is 4.70 Å². The number of rotatable bonds is 5. The fourth-order valence-corrected chi connectivity index (χ4v) is 3.64. The molecule has 0 unspecified atom stereocenters. The van der Waals surface area contributed by atoms with Gasteiger partial charge in [-0.3, -0.25) is 9.59 Å². The molecule has 7 heteroatoms. The number of benzene rings is 3. The van der Waals surface area contributed by atoms with Crippen LogP contribution < -0.4 is 10.6 Å². The van der Waals surface area contributed by atoms with Gasteiger partial charge in [-0.25, -0.2) is 4.39 Å². The fraction of sp³-hybridized carbons (Fsp3) is 0.0455. The molecule has 0 saturated heterocycles. The Morgan fingerprint density at radius 1 is 0.931 bits per heavy atom. The highest BCUT2D eigenvalue weighted by atomic mass is 32.1. The van der Waals surface area contributed by atoms with E-state index in [0.29, 0.717) is 16.9 Å². The highest BCUT2D eigenvalue weighted by Crippen LogP contribution is 2.23. The molecule has 4 aromatic rings. The molecule has 4 rings (SSSR count). The lowest BCUT2D eigenvalue weighted by atomic mass is 10.1. The van der Waals surface area contributed by atoms with Crippen molar-refractivity contribution in [2.45, 2.75) is 6.54 Å². The number of nitrogens with zero attached hydrogens (tertiary/aromatic N) is 1. The highest BCUT2D eigenvalue weighted by Gasteiger charge is 2.15. The number of nitrogens with one attached hydrogen (secondary N) is 2. The number of anilines is 1. The van der Waals surface area contributed by atoms with Gasteiger partial charge >= 0.3 is 0 Å². The molecule has 144 valence electrons. The minimum atomic E-state index is -0.327. The Morgan fingerprint density at radius 2 is 1.72 bits per heavy atom. The van der Waals surface area contributed by atoms with E-state index in [1.807, 2.05) is 24.3 Å². The van der Waals surface area contributed by atoms with Crippen molar-refractivity contribution in [2.24, 2.45) is 0 Å². The van der Waals surface area contributed by atoms with Crippen LogP contribution in [0, 0.1) is 5.82 Å². The summed E-state index contributed by atoms with van der Waals surface area (Å²) in [5.41, 5.74) is 2.06. The van der Waals surface area contributed by atoms with Crippen LogP contribution in [-0.4, -0.2) is 16.2 Å². The Bertz CT molecular complexity index is 1190. The van der Waals surface area contributed by atoms with Gasteiger partial charge in [0, 0.05) is 23.2 Å². The zero-order valence-electron chi connectivity index (χ0n) is 15.2. The van der Waals surface area contributed by atoms with Crippen molar-refractivity contribution in [3.63, 3.8) is 0 Å². The molecule has 5 nitrogen and oxygen atoms in total. The summed E-state index contributed by atoms with van der Waals surface area (Å²) >= 11 is 1.27. The van der Waals surface area contributed by atoms with Crippen LogP contribution in [0.3, 0.4) is 0 Å². The van der Waals surface area contributed by atoms with E-state index in [4.69, 9.17) is 0 Å². The quantitative estimate of drug-likeness (QED) is 0.509. The van der Waals surface area contributed by atoms with Crippen LogP contribution in [0.25, 0.3) is 10.1 Å². The third-order valence-electron chi connectivity index (χ3n) is 4.34. The van der Waals surface area contributed by atoms with Gasteiger partial charge in [0.25, 0.3) is 11.8 Å². The van der Waals surface area contributed by atoms with Crippen molar-refractivity contribution in [3.05, 3.63) is 95.4 Å². The first-order valence-corrected chi connectivity index (χ1v) is 9.66. The van der Waals surface area contributed by atoms with Gasteiger partial charge < -0.3 is 10.6 Å². The van der Waals surface area contributed by atoms with Crippen molar-refractivity contribution in [3.8, 4) is 0 Å². The number of hydrogen-bond donors (Lipinski definition) is 2. The molecular weight excluding hydrogens is 389 g/mol. The monoisotopic (exact) mass is 405 g/mol. The fourth-order valence-electron chi connectivity index (χ4n) is 2.86. The molecule has 0 aliphatic carbocycles. The molecule has 0 aliphatic heterocycles. The van der Waals surface area contributed by atoms with E-state index in [1.54, 1.807) is 36.4 Å². The first-order chi connectivity index (χ1) is 14.1. The van der Waals surface area contributed by atoms with E-state index in [9.17, 15) is 14.0 Å². The van der Waals surface area contributed by atoms with E-state index in [0.717, 1.165) is 15.6 Å². The standard InChI is InChI=1S/C22H16FN3O2S/c23-16-10-8-14(9-11-16)13-24-21(27)15-4-3-5-17(12-15)25-22(28)20-18-6-1-2-7-19(18)29-26-20/h1-12H,13H2,(H,24,27)(H,25,28). The van der Waals surface area contributed by atoms with Crippen molar-refractivity contribution >= 4 is 39.1 Å². The van der Waals surface area contributed by atoms with Gasteiger partial charge in [0.1, 0.15) is 11.5 Å². The highest BCUT2D eigenvalue weighted by molar-refractivity contribution is 7.13. The molecule has 0 spiro atoms. The molecular formula is C22H16FN3O2S. The van der Waals surface area contributed by atoms with E-state index in [1.165, 1.54) is 23.7 Å². The van der Waals surface area contributed by atoms with E-state index in [-0.39, 0.29) is 24.2 Å². The maximum atomic E-state index is 13.0. The number of aromatic nitrogens is 1. The van der Waals surface area contributed by atoms with Crippen LogP contribution in [0.2, 0.25) is 0 Å². The Hall–Kier alpha value is -3.58. The molecule has 0 aliphatic rings. The topological polar surface area (TPSA) is 71.1 Å². The van der Waals surface area contributed by atoms with Crippen LogP contribution in [-0.2, 0) is 6.54 Å². The number of hydrogen-bond acceptors (Lipinski definition) is 4. The summed E-state index contributed by atoms with van der Waals surface area (Å²) in [7, 11) is 0. The lowest BCUT2D eigenvalue weighted by Crippen LogP contribution is -2.23. The smallest absolute Gasteiger partial charge is 0.276 e. The Kier molecular flexibility index (Phi) is 5.31. The summed E-state index contributed by atoms with van der Waals surface area (Å²) in [6, 6.07) is 20.1. The number of fused-ring (bicyclic) bond motifs is 1. The maximum Gasteiger partial charge on any atom is 0.276 e. The van der Waals surface area contributed by atoms with Crippen LogP contribution in [0.5, 0.6) is 0 Å². The molecule has 0 atom stereocenters. The predicted molar refractivity (Wildman–Crippen MR) is 112 cm³/mol. The van der Waals surface area contributed by atoms with Crippen molar-refractivity contribution < 1.29 is 14.0 Å². The number of halogens is 1. The van der Waals surface area contributed by atoms with Crippen molar-refractivity contribution in [2.75, 3.05) is 5.32 Å². The van der Waals surface area contributed by atoms with Gasteiger partial charge in [-0.15, -0.1) is 0 Å². The summed E-state index contributed by atoms with van der Waals surface area (Å²) in [4.78, 5) is 25.0. The summed E-state index contributed by atoms with van der Waals surface area (Å²) < 4.78 is 18.1. The Labute approximate surface area is 170 Å². The SMILES string of the molecule is O=C(NCc1ccc(F)cc1)c1cccc(NC(=O)c2nsc3ccccc23)c1. The molecule has 2 N–H and O–H groups in total. The number of amides is 2. The second kappa shape index (κ2) is 8.20. The second-order valence-electron chi connectivity index (χ2n) is 6.37. The van der Waals surface area contributed by atoms with Crippen LogP contribution in [0.4, 0.5) is 10.1 Å². The summed E-state index contributed by atoms with van der Waals surface area (Å²) in [6.07, 6.45) is 0. The summed E-state index contributed by atoms with van der Waals surface area (Å²) in [6.45, 7) is 0.278. The molecule has 0 radical (unpaired) electrons. The third-order valence-corrected chi connectivity index (χ3v) is 5.17. The van der Waals surface area contributed by atoms with Gasteiger partial charge in [-0.1, -0.05) is 36.4 Å². The minimum Gasteiger partial charge on any atom is -0.348 e. The second-order valence-corrected chi connectivity index (χ2v) is 7.18. The van der Waals surface area contributed by atoms with Gasteiger partial charge in [0.15, 0.2) is 0 Å². The molecule has 29 heavy (non-hydrogen) atoms. The van der Waals surface area contributed by atoms with Gasteiger partial charge in [-0.05, 0) is 53.5 Å². The molecule has 0 fully saturated rings. The van der Waals surface area contributed by atoms with Crippen LogP contribution >= 0.6 is 11.5 Å². The molecule has 3 aromatic carbocycles. The van der Waals surface area contributed by atoms with Gasteiger partial charge in [-0.2, -0.15) is 4.37 Å². The van der Waals surface area contributed by atoms with Crippen LogP contribution in [0.1, 0.15) is 26.4 Å². The first kappa shape index (κ1) is 18.8. The van der Waals surface area contributed by atoms with E-state index in [2.05, 4.69) is 15.0 Å². The molecule has 1 aromatic heterocycles. The third kappa shape index (κ3) is 4.30. The predicted octanol–water partition coefficient (Wildman–Crippen LogP) is 4.62. The Morgan fingerprint density at radius 3 is 2.55 bits per heavy atom. The molecule has 2 amide bonds. The number of carbonyl (C=O) groups is 2. The lowest BCUT2D eigenvalue weighted by molar-refractivity contribution is 0.0949. The van der Waals surface area contributed by atoms with E-state index < -0.39 is 0 Å². The van der Waals surface area contributed by atoms with E-state index >= 15 is 0 Å². The zero-order valence-corrected chi connectivity index (χ0v) is 16.0. The normalized spacial score (nSPS) is 10.7. The van der Waals surface area contributed by atoms with Crippen LogP contribution in [0.15, 0.2) is 72.8 Å². The first-order valence-electron chi connectivity index (χ1n) is 8.88. The molecule has 0 bridgehead atoms. The molecule has 1 heterocycles. The van der Waals surface area contributed by atoms with Crippen molar-refractivity contribution in [1.82, 2.24) is 9.69 Å². The Balaban J connectivity index is 1.44. The minimum absolute atomic E-state index is 0.278. The average Bonchev–Trinajstić information content (AvgIpc) is 3.18. The zero-order chi connectivity index (χ0) is 20.2. The largest absolute Gasteiger partial charge is 0.348 e. The molecule has 0 saturated carbocycles. The average molecular weight is 405 g/mol. The van der Waals surface area contributed by atoms with Gasteiger partial charge in [0.2, 0.25) is 0 Å².